The topological polar surface area (TPSA) is 102 Å². The first-order chi connectivity index (χ1) is 18.2. The molecule has 1 saturated heterocycles. The maximum atomic E-state index is 13.0. The van der Waals surface area contributed by atoms with E-state index in [9.17, 15) is 13.2 Å². The van der Waals surface area contributed by atoms with Crippen molar-refractivity contribution < 1.29 is 22.5 Å². The van der Waals surface area contributed by atoms with E-state index in [4.69, 9.17) is 26.6 Å². The van der Waals surface area contributed by atoms with Gasteiger partial charge in [-0.05, 0) is 48.9 Å². The number of rotatable bonds is 12. The van der Waals surface area contributed by atoms with Crippen LogP contribution < -0.4 is 4.74 Å². The molecule has 0 aliphatic carbocycles. The van der Waals surface area contributed by atoms with Crippen molar-refractivity contribution in [1.29, 1.82) is 0 Å². The average molecular weight is 572 g/mol. The monoisotopic (exact) mass is 571 g/mol. The number of hydrogen-bond acceptors (Lipinski definition) is 7. The molecule has 200 valence electrons. The molecule has 1 aromatic heterocycles. The van der Waals surface area contributed by atoms with Crippen LogP contribution in [0.25, 0.3) is 23.0 Å². The number of unbranched alkanes of at least 4 members (excludes halogenated alkanes) is 3. The Morgan fingerprint density at radius 1 is 1.08 bits per heavy atom. The van der Waals surface area contributed by atoms with E-state index >= 15 is 0 Å². The number of ether oxygens (including phenoxy) is 1. The first-order valence-corrected chi connectivity index (χ1v) is 15.2. The van der Waals surface area contributed by atoms with E-state index in [0.29, 0.717) is 22.8 Å². The second-order valence-electron chi connectivity index (χ2n) is 8.77. The quantitative estimate of drug-likeness (QED) is 0.130. The summed E-state index contributed by atoms with van der Waals surface area (Å²) in [5.41, 5.74) is 3.09. The van der Waals surface area contributed by atoms with Crippen LogP contribution in [0, 0.1) is 0 Å². The van der Waals surface area contributed by atoms with Gasteiger partial charge in [0.25, 0.3) is 16.0 Å². The Morgan fingerprint density at radius 3 is 2.50 bits per heavy atom. The van der Waals surface area contributed by atoms with Gasteiger partial charge in [-0.15, -0.1) is 0 Å². The molecule has 0 spiro atoms. The molecule has 0 saturated carbocycles. The van der Waals surface area contributed by atoms with Gasteiger partial charge in [-0.3, -0.25) is 14.2 Å². The second kappa shape index (κ2) is 12.7. The van der Waals surface area contributed by atoms with Gasteiger partial charge < -0.3 is 4.74 Å². The molecule has 1 aliphatic rings. The molecule has 3 aromatic rings. The van der Waals surface area contributed by atoms with E-state index in [0.717, 1.165) is 41.6 Å². The zero-order valence-corrected chi connectivity index (χ0v) is 23.4. The van der Waals surface area contributed by atoms with Gasteiger partial charge in [0.15, 0.2) is 0 Å². The Morgan fingerprint density at radius 2 is 1.82 bits per heavy atom. The Bertz CT molecular complexity index is 1420. The van der Waals surface area contributed by atoms with Crippen LogP contribution in [0.4, 0.5) is 0 Å². The molecule has 2 heterocycles. The summed E-state index contributed by atoms with van der Waals surface area (Å²) in [6.45, 7) is 2.64. The summed E-state index contributed by atoms with van der Waals surface area (Å²) >= 11 is 6.38. The number of nitrogens with zero attached hydrogens (tertiary/aromatic N) is 3. The van der Waals surface area contributed by atoms with Gasteiger partial charge in [0.2, 0.25) is 0 Å². The van der Waals surface area contributed by atoms with Crippen molar-refractivity contribution in [1.82, 2.24) is 14.7 Å². The highest BCUT2D eigenvalue weighted by atomic mass is 32.2. The average Bonchev–Trinajstić information content (AvgIpc) is 3.43. The van der Waals surface area contributed by atoms with Crippen LogP contribution in [-0.2, 0) is 14.9 Å². The summed E-state index contributed by atoms with van der Waals surface area (Å²) in [6, 6.07) is 17.3. The molecule has 0 radical (unpaired) electrons. The summed E-state index contributed by atoms with van der Waals surface area (Å²) in [5, 5.41) is 4.80. The normalized spacial score (nSPS) is 15.0. The van der Waals surface area contributed by atoms with E-state index in [-0.39, 0.29) is 10.9 Å². The van der Waals surface area contributed by atoms with Crippen LogP contribution in [-0.4, -0.2) is 56.8 Å². The van der Waals surface area contributed by atoms with Gasteiger partial charge in [0.05, 0.1) is 28.6 Å². The minimum atomic E-state index is -4.22. The SMILES string of the molecule is CCCCCCOc1ccc(-c2nn(-c3ccccc3)cc2C=C2SC(=S)N(CCS(=O)(=O)O)C2=O)cc1. The minimum Gasteiger partial charge on any atom is -0.494 e. The fourth-order valence-corrected chi connectivity index (χ4v) is 5.61. The van der Waals surface area contributed by atoms with Crippen LogP contribution in [0.2, 0.25) is 0 Å². The zero-order chi connectivity index (χ0) is 27.1. The molecule has 2 aromatic carbocycles. The summed E-state index contributed by atoms with van der Waals surface area (Å²) < 4.78 is 39.3. The molecular weight excluding hydrogens is 543 g/mol. The molecular formula is C27H29N3O5S3. The number of aromatic nitrogens is 2. The zero-order valence-electron chi connectivity index (χ0n) is 20.9. The van der Waals surface area contributed by atoms with Crippen molar-refractivity contribution in [3.63, 3.8) is 0 Å². The number of carbonyl (C=O) groups excluding carboxylic acids is 1. The van der Waals surface area contributed by atoms with Crippen molar-refractivity contribution in [3.8, 4) is 22.7 Å². The molecule has 1 aliphatic heterocycles. The van der Waals surface area contributed by atoms with E-state index in [1.165, 1.54) is 17.7 Å². The Kier molecular flexibility index (Phi) is 9.37. The third-order valence-corrected chi connectivity index (χ3v) is 7.97. The van der Waals surface area contributed by atoms with Crippen LogP contribution in [0.1, 0.15) is 38.2 Å². The van der Waals surface area contributed by atoms with Gasteiger partial charge >= 0.3 is 0 Å². The maximum absolute atomic E-state index is 13.0. The predicted octanol–water partition coefficient (Wildman–Crippen LogP) is 5.59. The molecule has 0 atom stereocenters. The van der Waals surface area contributed by atoms with Crippen LogP contribution in [0.3, 0.4) is 0 Å². The third-order valence-electron chi connectivity index (χ3n) is 5.89. The maximum Gasteiger partial charge on any atom is 0.266 e. The minimum absolute atomic E-state index is 0.211. The van der Waals surface area contributed by atoms with E-state index in [1.807, 2.05) is 60.8 Å². The molecule has 0 bridgehead atoms. The molecule has 0 unspecified atom stereocenters. The van der Waals surface area contributed by atoms with Gasteiger partial charge in [0, 0.05) is 23.9 Å². The number of para-hydroxylation sites is 1. The third kappa shape index (κ3) is 7.31. The standard InChI is InChI=1S/C27H29N3O5S3/c1-2-3-4-8-16-35-23-13-11-20(12-14-23)25-21(19-30(28-25)22-9-6-5-7-10-22)18-24-26(31)29(27(36)37-24)15-17-38(32,33)34/h5-7,9-14,18-19H,2-4,8,15-17H2,1H3,(H,32,33,34). The van der Waals surface area contributed by atoms with E-state index < -0.39 is 21.8 Å². The van der Waals surface area contributed by atoms with Gasteiger partial charge in [-0.1, -0.05) is 68.4 Å². The van der Waals surface area contributed by atoms with Crippen LogP contribution in [0.5, 0.6) is 5.75 Å². The van der Waals surface area contributed by atoms with Crippen molar-refractivity contribution in [2.24, 2.45) is 0 Å². The highest BCUT2D eigenvalue weighted by Gasteiger charge is 2.33. The lowest BCUT2D eigenvalue weighted by molar-refractivity contribution is -0.121. The lowest BCUT2D eigenvalue weighted by Crippen LogP contribution is -2.32. The summed E-state index contributed by atoms with van der Waals surface area (Å²) in [7, 11) is -4.22. The molecule has 1 fully saturated rings. The summed E-state index contributed by atoms with van der Waals surface area (Å²) in [4.78, 5) is 14.5. The van der Waals surface area contributed by atoms with Crippen molar-refractivity contribution in [3.05, 3.63) is 71.3 Å². The highest BCUT2D eigenvalue weighted by molar-refractivity contribution is 8.26. The molecule has 1 N–H and O–H groups in total. The van der Waals surface area contributed by atoms with Crippen molar-refractivity contribution in [2.75, 3.05) is 18.9 Å². The number of amides is 1. The molecule has 38 heavy (non-hydrogen) atoms. The number of benzene rings is 2. The first-order valence-electron chi connectivity index (χ1n) is 12.3. The molecule has 8 nitrogen and oxygen atoms in total. The Hall–Kier alpha value is -2.99. The summed E-state index contributed by atoms with van der Waals surface area (Å²) in [5.74, 6) is -0.209. The second-order valence-corrected chi connectivity index (χ2v) is 12.0. The van der Waals surface area contributed by atoms with E-state index in [1.54, 1.807) is 10.8 Å². The molecule has 1 amide bonds. The first kappa shape index (κ1) is 28.0. The van der Waals surface area contributed by atoms with Gasteiger partial charge in [-0.25, -0.2) is 4.68 Å². The van der Waals surface area contributed by atoms with Crippen molar-refractivity contribution >= 4 is 50.4 Å². The largest absolute Gasteiger partial charge is 0.494 e. The Balaban J connectivity index is 1.61. The highest BCUT2D eigenvalue weighted by Crippen LogP contribution is 2.35. The van der Waals surface area contributed by atoms with Crippen molar-refractivity contribution in [2.45, 2.75) is 32.6 Å². The van der Waals surface area contributed by atoms with E-state index in [2.05, 4.69) is 6.92 Å². The van der Waals surface area contributed by atoms with Gasteiger partial charge in [-0.2, -0.15) is 13.5 Å². The fraction of sp³-hybridized carbons (Fsp3) is 0.296. The predicted molar refractivity (Wildman–Crippen MR) is 155 cm³/mol. The molecule has 11 heteroatoms. The van der Waals surface area contributed by atoms with Crippen LogP contribution in [0.15, 0.2) is 65.7 Å². The smallest absolute Gasteiger partial charge is 0.266 e. The number of carbonyl (C=O) groups is 1. The number of thiocarbonyl (C=S) groups is 1. The molecule has 4 rings (SSSR count). The number of thioether (sulfide) groups is 1. The van der Waals surface area contributed by atoms with Crippen LogP contribution >= 0.6 is 24.0 Å². The Labute approximate surface area is 232 Å². The van der Waals surface area contributed by atoms with Gasteiger partial charge in [0.1, 0.15) is 10.1 Å². The number of hydrogen-bond donors (Lipinski definition) is 1. The lowest BCUT2D eigenvalue weighted by Gasteiger charge is -2.12. The fourth-order valence-electron chi connectivity index (χ4n) is 3.90. The lowest BCUT2D eigenvalue weighted by atomic mass is 10.1. The summed E-state index contributed by atoms with van der Waals surface area (Å²) in [6.07, 6.45) is 8.11.